The summed E-state index contributed by atoms with van der Waals surface area (Å²) in [7, 11) is 1.56. The molecule has 0 fully saturated rings. The fourth-order valence-corrected chi connectivity index (χ4v) is 2.22. The number of methoxy groups -OCH3 is 1. The van der Waals surface area contributed by atoms with Crippen LogP contribution in [-0.2, 0) is 6.54 Å². The average Bonchev–Trinajstić information content (AvgIpc) is 2.63. The first-order chi connectivity index (χ1) is 11.7. The monoisotopic (exact) mass is 327 g/mol. The van der Waals surface area contributed by atoms with E-state index in [0.717, 1.165) is 22.9 Å². The second-order valence-corrected chi connectivity index (χ2v) is 5.15. The SMILES string of the molecule is COc1ccc(-c2cncc(NCc3ccc(F)c(F)c3)c2)cn1. The number of aromatic nitrogens is 2. The molecule has 122 valence electrons. The van der Waals surface area contributed by atoms with Crippen LogP contribution in [0.1, 0.15) is 5.56 Å². The van der Waals surface area contributed by atoms with Crippen molar-refractivity contribution in [2.24, 2.45) is 0 Å². The van der Waals surface area contributed by atoms with Gasteiger partial charge in [0.05, 0.1) is 12.8 Å². The molecule has 0 spiro atoms. The van der Waals surface area contributed by atoms with Crippen LogP contribution in [-0.4, -0.2) is 17.1 Å². The molecule has 6 heteroatoms. The van der Waals surface area contributed by atoms with Crippen molar-refractivity contribution in [2.45, 2.75) is 6.54 Å². The third kappa shape index (κ3) is 3.65. The minimum Gasteiger partial charge on any atom is -0.481 e. The van der Waals surface area contributed by atoms with E-state index < -0.39 is 11.6 Å². The first kappa shape index (κ1) is 15.9. The Kier molecular flexibility index (Phi) is 4.65. The molecule has 2 heterocycles. The molecule has 0 radical (unpaired) electrons. The number of nitrogens with zero attached hydrogens (tertiary/aromatic N) is 2. The van der Waals surface area contributed by atoms with Gasteiger partial charge >= 0.3 is 0 Å². The highest BCUT2D eigenvalue weighted by Gasteiger charge is 2.04. The number of benzene rings is 1. The van der Waals surface area contributed by atoms with E-state index in [4.69, 9.17) is 4.74 Å². The highest BCUT2D eigenvalue weighted by molar-refractivity contribution is 5.66. The number of rotatable bonds is 5. The number of hydrogen-bond donors (Lipinski definition) is 1. The molecule has 0 aliphatic rings. The quantitative estimate of drug-likeness (QED) is 0.768. The molecular weight excluding hydrogens is 312 g/mol. The summed E-state index contributed by atoms with van der Waals surface area (Å²) in [6, 6.07) is 9.40. The van der Waals surface area contributed by atoms with Crippen molar-refractivity contribution < 1.29 is 13.5 Å². The topological polar surface area (TPSA) is 47.0 Å². The zero-order valence-corrected chi connectivity index (χ0v) is 13.0. The van der Waals surface area contributed by atoms with Crippen molar-refractivity contribution in [1.29, 1.82) is 0 Å². The van der Waals surface area contributed by atoms with Crippen molar-refractivity contribution in [1.82, 2.24) is 9.97 Å². The second kappa shape index (κ2) is 7.04. The lowest BCUT2D eigenvalue weighted by atomic mass is 10.1. The summed E-state index contributed by atoms with van der Waals surface area (Å²) < 4.78 is 31.2. The maximum atomic E-state index is 13.2. The molecule has 0 aliphatic heterocycles. The van der Waals surface area contributed by atoms with Gasteiger partial charge in [-0.2, -0.15) is 0 Å². The molecule has 0 unspecified atom stereocenters. The minimum absolute atomic E-state index is 0.364. The molecular formula is C18H15F2N3O. The normalized spacial score (nSPS) is 10.5. The van der Waals surface area contributed by atoms with Crippen molar-refractivity contribution in [3.63, 3.8) is 0 Å². The minimum atomic E-state index is -0.856. The van der Waals surface area contributed by atoms with E-state index in [1.54, 1.807) is 31.8 Å². The van der Waals surface area contributed by atoms with E-state index in [-0.39, 0.29) is 0 Å². The molecule has 2 aromatic heterocycles. The Morgan fingerprint density at radius 1 is 0.958 bits per heavy atom. The third-order valence-electron chi connectivity index (χ3n) is 3.50. The fourth-order valence-electron chi connectivity index (χ4n) is 2.22. The fraction of sp³-hybridized carbons (Fsp3) is 0.111. The highest BCUT2D eigenvalue weighted by atomic mass is 19.2. The lowest BCUT2D eigenvalue weighted by molar-refractivity contribution is 0.398. The molecule has 24 heavy (non-hydrogen) atoms. The van der Waals surface area contributed by atoms with Gasteiger partial charge in [0.1, 0.15) is 0 Å². The van der Waals surface area contributed by atoms with Crippen LogP contribution < -0.4 is 10.1 Å². The van der Waals surface area contributed by atoms with Crippen LogP contribution in [0.3, 0.4) is 0 Å². The van der Waals surface area contributed by atoms with Gasteiger partial charge < -0.3 is 10.1 Å². The Hall–Kier alpha value is -3.02. The first-order valence-corrected chi connectivity index (χ1v) is 7.29. The average molecular weight is 327 g/mol. The summed E-state index contributed by atoms with van der Waals surface area (Å²) in [5, 5.41) is 3.14. The zero-order chi connectivity index (χ0) is 16.9. The highest BCUT2D eigenvalue weighted by Crippen LogP contribution is 2.22. The number of hydrogen-bond acceptors (Lipinski definition) is 4. The summed E-state index contributed by atoms with van der Waals surface area (Å²) in [5.74, 6) is -1.17. The van der Waals surface area contributed by atoms with Gasteiger partial charge in [-0.3, -0.25) is 4.98 Å². The maximum absolute atomic E-state index is 13.2. The Balaban J connectivity index is 1.73. The number of pyridine rings is 2. The van der Waals surface area contributed by atoms with Crippen molar-refractivity contribution in [2.75, 3.05) is 12.4 Å². The van der Waals surface area contributed by atoms with Gasteiger partial charge in [-0.25, -0.2) is 13.8 Å². The second-order valence-electron chi connectivity index (χ2n) is 5.15. The Bertz CT molecular complexity index is 838. The summed E-state index contributed by atoms with van der Waals surface area (Å²) in [5.41, 5.74) is 3.21. The number of ether oxygens (including phenoxy) is 1. The van der Waals surface area contributed by atoms with Gasteiger partial charge in [-0.15, -0.1) is 0 Å². The number of anilines is 1. The van der Waals surface area contributed by atoms with Crippen molar-refractivity contribution in [3.05, 3.63) is 72.2 Å². The van der Waals surface area contributed by atoms with Gasteiger partial charge in [0.25, 0.3) is 0 Å². The zero-order valence-electron chi connectivity index (χ0n) is 13.0. The molecule has 3 rings (SSSR count). The lowest BCUT2D eigenvalue weighted by Gasteiger charge is -2.09. The summed E-state index contributed by atoms with van der Waals surface area (Å²) >= 11 is 0. The van der Waals surface area contributed by atoms with E-state index in [0.29, 0.717) is 18.0 Å². The van der Waals surface area contributed by atoms with Crippen LogP contribution in [0, 0.1) is 11.6 Å². The first-order valence-electron chi connectivity index (χ1n) is 7.29. The van der Waals surface area contributed by atoms with Crippen LogP contribution in [0.2, 0.25) is 0 Å². The largest absolute Gasteiger partial charge is 0.481 e. The van der Waals surface area contributed by atoms with Crippen LogP contribution in [0.4, 0.5) is 14.5 Å². The van der Waals surface area contributed by atoms with Crippen LogP contribution in [0.25, 0.3) is 11.1 Å². The molecule has 0 saturated heterocycles. The summed E-state index contributed by atoms with van der Waals surface area (Å²) in [6.45, 7) is 0.364. The third-order valence-corrected chi connectivity index (χ3v) is 3.50. The smallest absolute Gasteiger partial charge is 0.212 e. The Labute approximate surface area is 138 Å². The molecule has 0 bridgehead atoms. The van der Waals surface area contributed by atoms with Gasteiger partial charge in [-0.1, -0.05) is 6.07 Å². The summed E-state index contributed by atoms with van der Waals surface area (Å²) in [6.07, 6.45) is 5.10. The van der Waals surface area contributed by atoms with E-state index in [1.165, 1.54) is 12.1 Å². The standard InChI is InChI=1S/C18H15F2N3O/c1-24-18-5-3-13(10-23-18)14-7-15(11-21-9-14)22-8-12-2-4-16(19)17(20)6-12/h2-7,9-11,22H,8H2,1H3. The summed E-state index contributed by atoms with van der Waals surface area (Å²) in [4.78, 5) is 8.36. The van der Waals surface area contributed by atoms with Gasteiger partial charge in [0.2, 0.25) is 5.88 Å². The number of halogens is 2. The predicted molar refractivity (Wildman–Crippen MR) is 87.7 cm³/mol. The van der Waals surface area contributed by atoms with E-state index >= 15 is 0 Å². The molecule has 0 aliphatic carbocycles. The molecule has 0 saturated carbocycles. The van der Waals surface area contributed by atoms with Gasteiger partial charge in [0, 0.05) is 42.3 Å². The Morgan fingerprint density at radius 2 is 1.83 bits per heavy atom. The molecule has 1 N–H and O–H groups in total. The van der Waals surface area contributed by atoms with E-state index in [1.807, 2.05) is 12.1 Å². The van der Waals surface area contributed by atoms with Crippen LogP contribution >= 0.6 is 0 Å². The molecule has 0 atom stereocenters. The van der Waals surface area contributed by atoms with E-state index in [2.05, 4.69) is 15.3 Å². The van der Waals surface area contributed by atoms with Crippen molar-refractivity contribution >= 4 is 5.69 Å². The Morgan fingerprint density at radius 3 is 2.54 bits per heavy atom. The van der Waals surface area contributed by atoms with Crippen molar-refractivity contribution in [3.8, 4) is 17.0 Å². The molecule has 3 aromatic rings. The lowest BCUT2D eigenvalue weighted by Crippen LogP contribution is -2.01. The van der Waals surface area contributed by atoms with E-state index in [9.17, 15) is 8.78 Å². The molecule has 1 aromatic carbocycles. The maximum Gasteiger partial charge on any atom is 0.212 e. The number of nitrogens with one attached hydrogen (secondary N) is 1. The van der Waals surface area contributed by atoms with Gasteiger partial charge in [0.15, 0.2) is 11.6 Å². The molecule has 4 nitrogen and oxygen atoms in total. The predicted octanol–water partition coefficient (Wildman–Crippen LogP) is 4.04. The van der Waals surface area contributed by atoms with Crippen LogP contribution in [0.15, 0.2) is 55.0 Å². The van der Waals surface area contributed by atoms with Crippen LogP contribution in [0.5, 0.6) is 5.88 Å². The van der Waals surface area contributed by atoms with Gasteiger partial charge in [-0.05, 0) is 29.8 Å². The molecule has 0 amide bonds.